The molecule has 0 bridgehead atoms. The number of carbonyl (C=O) groups is 1. The van der Waals surface area contributed by atoms with Crippen molar-refractivity contribution in [2.75, 3.05) is 10.2 Å². The highest BCUT2D eigenvalue weighted by atomic mass is 16.7. The first-order valence-electron chi connectivity index (χ1n) is 14.3. The number of nitriles is 1. The van der Waals surface area contributed by atoms with E-state index in [0.717, 1.165) is 48.2 Å². The van der Waals surface area contributed by atoms with Crippen molar-refractivity contribution >= 4 is 30.1 Å². The number of anilines is 2. The average Bonchev–Trinajstić information content (AvgIpc) is 3.20. The summed E-state index contributed by atoms with van der Waals surface area (Å²) >= 11 is 0. The number of carbonyl (C=O) groups excluding carboxylic acids is 1. The largest absolute Gasteiger partial charge is 0.494 e. The van der Waals surface area contributed by atoms with Crippen LogP contribution in [0.15, 0.2) is 72.9 Å². The van der Waals surface area contributed by atoms with Gasteiger partial charge < -0.3 is 19.9 Å². The van der Waals surface area contributed by atoms with Gasteiger partial charge in [0.05, 0.1) is 16.8 Å². The van der Waals surface area contributed by atoms with Gasteiger partial charge in [-0.1, -0.05) is 42.5 Å². The van der Waals surface area contributed by atoms with Crippen LogP contribution < -0.4 is 21.0 Å². The highest BCUT2D eigenvalue weighted by molar-refractivity contribution is 6.62. The lowest BCUT2D eigenvalue weighted by Crippen LogP contribution is -2.48. The maximum Gasteiger partial charge on any atom is 0.494 e. The second kappa shape index (κ2) is 11.9. The Labute approximate surface area is 243 Å². The molecule has 0 atom stereocenters. The average molecular weight is 552 g/mol. The van der Waals surface area contributed by atoms with E-state index in [4.69, 9.17) is 14.6 Å². The maximum absolute atomic E-state index is 13.7. The molecule has 1 aliphatic heterocycles. The van der Waals surface area contributed by atoms with Gasteiger partial charge in [-0.05, 0) is 88.7 Å². The number of hydrogen-bond acceptors (Lipinski definition) is 6. The lowest BCUT2D eigenvalue weighted by atomic mass is 9.79. The number of pyridine rings is 1. The lowest BCUT2D eigenvalue weighted by molar-refractivity contribution is 0.00578. The molecule has 0 unspecified atom stereocenters. The Kier molecular flexibility index (Phi) is 8.34. The molecule has 212 valence electrons. The van der Waals surface area contributed by atoms with Gasteiger partial charge in [0.2, 0.25) is 0 Å². The van der Waals surface area contributed by atoms with Crippen LogP contribution in [0.4, 0.5) is 16.3 Å². The Hall–Kier alpha value is -3.87. The summed E-state index contributed by atoms with van der Waals surface area (Å²) in [4.78, 5) is 19.9. The van der Waals surface area contributed by atoms with Crippen molar-refractivity contribution in [3.8, 4) is 6.07 Å². The van der Waals surface area contributed by atoms with Crippen LogP contribution in [0.5, 0.6) is 0 Å². The van der Waals surface area contributed by atoms with E-state index >= 15 is 0 Å². The molecule has 2 aromatic carbocycles. The van der Waals surface area contributed by atoms with Gasteiger partial charge in [-0.15, -0.1) is 0 Å². The molecule has 0 radical (unpaired) electrons. The van der Waals surface area contributed by atoms with Gasteiger partial charge in [0.15, 0.2) is 0 Å². The molecule has 2 heterocycles. The minimum absolute atomic E-state index is 0.0560. The Balaban J connectivity index is 1.29. The molecule has 2 amide bonds. The Bertz CT molecular complexity index is 1350. The highest BCUT2D eigenvalue weighted by Crippen LogP contribution is 2.37. The van der Waals surface area contributed by atoms with Gasteiger partial charge >= 0.3 is 13.1 Å². The Morgan fingerprint density at radius 3 is 2.22 bits per heavy atom. The zero-order chi connectivity index (χ0) is 29.0. The summed E-state index contributed by atoms with van der Waals surface area (Å²) < 4.78 is 12.5. The summed E-state index contributed by atoms with van der Waals surface area (Å²) in [5, 5.41) is 15.6. The number of benzene rings is 2. The fraction of sp³-hybridized carbons (Fsp3) is 0.406. The molecule has 2 N–H and O–H groups in total. The first-order valence-corrected chi connectivity index (χ1v) is 14.3. The summed E-state index contributed by atoms with van der Waals surface area (Å²) in [7, 11) is -0.452. The molecular weight excluding hydrogens is 513 g/mol. The van der Waals surface area contributed by atoms with Crippen LogP contribution in [0.2, 0.25) is 0 Å². The van der Waals surface area contributed by atoms with Crippen molar-refractivity contribution in [1.82, 2.24) is 10.3 Å². The smallest absolute Gasteiger partial charge is 0.399 e. The molecule has 9 heteroatoms. The molecular formula is C32H38BN5O3. The minimum Gasteiger partial charge on any atom is -0.399 e. The molecule has 1 aliphatic carbocycles. The lowest BCUT2D eigenvalue weighted by Gasteiger charge is -2.37. The standard InChI is InChI=1S/C32H38BN5O3/c1-31(2)32(3,4)41-33(40-31)25-11-15-27(16-12-25)38(30(39)36-21-23-8-6-5-7-9-23)28-17-13-26(14-18-28)37-29-19-10-24(20-34)22-35-29/h5-12,15-16,19,22,26,28H,13-14,17-18,21H2,1-4H3,(H,35,37)(H,36,39)/t26-,28-. The van der Waals surface area contributed by atoms with E-state index in [1.807, 2.05) is 93.3 Å². The first-order chi connectivity index (χ1) is 19.6. The number of urea groups is 1. The topological polar surface area (TPSA) is 99.5 Å². The predicted octanol–water partition coefficient (Wildman–Crippen LogP) is 5.39. The molecule has 2 aliphatic rings. The minimum atomic E-state index is -0.452. The van der Waals surface area contributed by atoms with Crippen molar-refractivity contribution in [3.05, 3.63) is 84.1 Å². The van der Waals surface area contributed by atoms with Crippen molar-refractivity contribution in [1.29, 1.82) is 5.26 Å². The molecule has 0 spiro atoms. The quantitative estimate of drug-likeness (QED) is 0.382. The van der Waals surface area contributed by atoms with Crippen LogP contribution in [-0.4, -0.2) is 41.4 Å². The molecule has 3 aromatic rings. The third kappa shape index (κ3) is 6.56. The summed E-state index contributed by atoms with van der Waals surface area (Å²) in [6, 6.07) is 23.9. The first kappa shape index (κ1) is 28.7. The molecule has 5 rings (SSSR count). The van der Waals surface area contributed by atoms with E-state index in [0.29, 0.717) is 12.1 Å². The summed E-state index contributed by atoms with van der Waals surface area (Å²) in [6.45, 7) is 8.64. The zero-order valence-electron chi connectivity index (χ0n) is 24.3. The van der Waals surface area contributed by atoms with Gasteiger partial charge in [-0.3, -0.25) is 4.90 Å². The highest BCUT2D eigenvalue weighted by Gasteiger charge is 2.51. The predicted molar refractivity (Wildman–Crippen MR) is 162 cm³/mol. The number of nitrogens with zero attached hydrogens (tertiary/aromatic N) is 3. The van der Waals surface area contributed by atoms with E-state index in [2.05, 4.69) is 21.7 Å². The normalized spacial score (nSPS) is 21.1. The van der Waals surface area contributed by atoms with E-state index in [9.17, 15) is 4.79 Å². The van der Waals surface area contributed by atoms with Crippen molar-refractivity contribution in [2.45, 2.75) is 83.2 Å². The Morgan fingerprint density at radius 1 is 0.976 bits per heavy atom. The van der Waals surface area contributed by atoms with E-state index in [-0.39, 0.29) is 18.1 Å². The van der Waals surface area contributed by atoms with E-state index in [1.54, 1.807) is 12.3 Å². The maximum atomic E-state index is 13.7. The molecule has 1 saturated carbocycles. The molecule has 41 heavy (non-hydrogen) atoms. The summed E-state index contributed by atoms with van der Waals surface area (Å²) in [5.74, 6) is 0.767. The van der Waals surface area contributed by atoms with Crippen LogP contribution in [0.1, 0.15) is 64.5 Å². The van der Waals surface area contributed by atoms with Crippen LogP contribution in [0, 0.1) is 11.3 Å². The zero-order valence-corrected chi connectivity index (χ0v) is 24.3. The monoisotopic (exact) mass is 551 g/mol. The van der Waals surface area contributed by atoms with Crippen LogP contribution in [-0.2, 0) is 15.9 Å². The van der Waals surface area contributed by atoms with Gasteiger partial charge in [0.1, 0.15) is 11.9 Å². The summed E-state index contributed by atoms with van der Waals surface area (Å²) in [6.07, 6.45) is 5.10. The van der Waals surface area contributed by atoms with Crippen LogP contribution in [0.25, 0.3) is 0 Å². The van der Waals surface area contributed by atoms with Crippen molar-refractivity contribution < 1.29 is 14.1 Å². The molecule has 8 nitrogen and oxygen atoms in total. The van der Waals surface area contributed by atoms with Crippen LogP contribution in [0.3, 0.4) is 0 Å². The van der Waals surface area contributed by atoms with E-state index in [1.165, 1.54) is 0 Å². The number of aromatic nitrogens is 1. The number of amides is 2. The molecule has 1 aromatic heterocycles. The van der Waals surface area contributed by atoms with Gasteiger partial charge in [0.25, 0.3) is 0 Å². The fourth-order valence-electron chi connectivity index (χ4n) is 5.36. The third-order valence-electron chi connectivity index (χ3n) is 8.51. The van der Waals surface area contributed by atoms with Crippen molar-refractivity contribution in [2.24, 2.45) is 0 Å². The second-order valence-electron chi connectivity index (χ2n) is 11.9. The number of rotatable bonds is 7. The van der Waals surface area contributed by atoms with Gasteiger partial charge in [-0.25, -0.2) is 9.78 Å². The SMILES string of the molecule is CC1(C)OB(c2ccc(N(C(=O)NCc3ccccc3)[C@H]3CC[C@H](Nc4ccc(C#N)cn4)CC3)cc2)OC1(C)C. The third-order valence-corrected chi connectivity index (χ3v) is 8.51. The Morgan fingerprint density at radius 2 is 1.63 bits per heavy atom. The van der Waals surface area contributed by atoms with E-state index < -0.39 is 18.3 Å². The van der Waals surface area contributed by atoms with Crippen molar-refractivity contribution in [3.63, 3.8) is 0 Å². The van der Waals surface area contributed by atoms with Crippen LogP contribution >= 0.6 is 0 Å². The second-order valence-corrected chi connectivity index (χ2v) is 11.9. The van der Waals surface area contributed by atoms with Gasteiger partial charge in [-0.2, -0.15) is 5.26 Å². The molecule has 2 fully saturated rings. The number of hydrogen-bond donors (Lipinski definition) is 2. The van der Waals surface area contributed by atoms with Gasteiger partial charge in [0, 0.05) is 30.5 Å². The fourth-order valence-corrected chi connectivity index (χ4v) is 5.36. The molecule has 1 saturated heterocycles. The number of nitrogens with one attached hydrogen (secondary N) is 2. The summed E-state index contributed by atoms with van der Waals surface area (Å²) in [5.41, 5.74) is 2.54.